The highest BCUT2D eigenvalue weighted by atomic mass is 14.7. The Morgan fingerprint density at radius 3 is 2.32 bits per heavy atom. The van der Waals surface area contributed by atoms with Gasteiger partial charge in [0, 0.05) is 22.2 Å². The molecule has 120 valence electrons. The third-order valence-corrected chi connectivity index (χ3v) is 5.07. The molecule has 1 aromatic heterocycles. The summed E-state index contributed by atoms with van der Waals surface area (Å²) in [7, 11) is 0. The highest BCUT2D eigenvalue weighted by Crippen LogP contribution is 2.32. The predicted octanol–water partition coefficient (Wildman–Crippen LogP) is 6.46. The van der Waals surface area contributed by atoms with Gasteiger partial charge in [-0.1, -0.05) is 72.8 Å². The maximum absolute atomic E-state index is 3.62. The summed E-state index contributed by atoms with van der Waals surface area (Å²) in [4.78, 5) is 3.62. The first-order chi connectivity index (χ1) is 12.4. The number of H-pyrrole nitrogens is 1. The van der Waals surface area contributed by atoms with E-state index in [1.54, 1.807) is 0 Å². The summed E-state index contributed by atoms with van der Waals surface area (Å²) in [5, 5.41) is 1.33. The lowest BCUT2D eigenvalue weighted by Gasteiger charge is -2.07. The molecule has 1 nitrogen and oxygen atoms in total. The van der Waals surface area contributed by atoms with E-state index in [9.17, 15) is 0 Å². The van der Waals surface area contributed by atoms with Crippen LogP contribution in [0.4, 0.5) is 0 Å². The van der Waals surface area contributed by atoms with Crippen LogP contribution in [0.3, 0.4) is 0 Å². The maximum atomic E-state index is 3.62. The molecule has 25 heavy (non-hydrogen) atoms. The largest absolute Gasteiger partial charge is 0.358 e. The lowest BCUT2D eigenvalue weighted by molar-refractivity contribution is 0.951. The number of aromatic amines is 1. The molecule has 0 saturated carbocycles. The molecule has 0 bridgehead atoms. The zero-order valence-electron chi connectivity index (χ0n) is 14.0. The van der Waals surface area contributed by atoms with Crippen molar-refractivity contribution in [1.82, 2.24) is 4.98 Å². The first kappa shape index (κ1) is 14.3. The highest BCUT2D eigenvalue weighted by Gasteiger charge is 2.12. The van der Waals surface area contributed by atoms with Crippen molar-refractivity contribution >= 4 is 17.0 Å². The number of aromatic nitrogens is 1. The zero-order valence-corrected chi connectivity index (χ0v) is 14.0. The second-order valence-corrected chi connectivity index (χ2v) is 6.67. The van der Waals surface area contributed by atoms with Crippen LogP contribution in [0.15, 0.2) is 78.9 Å². The fraction of sp³-hybridized carbons (Fsp3) is 0.0833. The van der Waals surface area contributed by atoms with Gasteiger partial charge in [-0.05, 0) is 47.2 Å². The summed E-state index contributed by atoms with van der Waals surface area (Å²) < 4.78 is 0. The minimum atomic E-state index is 1.11. The average Bonchev–Trinajstić information content (AvgIpc) is 3.06. The molecule has 0 fully saturated rings. The number of rotatable bonds is 2. The molecular formula is C24H19N. The molecule has 3 aromatic carbocycles. The Kier molecular flexibility index (Phi) is 3.31. The van der Waals surface area contributed by atoms with Gasteiger partial charge in [0.15, 0.2) is 0 Å². The quantitative estimate of drug-likeness (QED) is 0.436. The molecule has 5 rings (SSSR count). The van der Waals surface area contributed by atoms with E-state index in [2.05, 4.69) is 89.9 Å². The third-order valence-electron chi connectivity index (χ3n) is 5.07. The molecule has 0 spiro atoms. The van der Waals surface area contributed by atoms with Gasteiger partial charge in [0.25, 0.3) is 0 Å². The Balaban J connectivity index is 1.61. The number of hydrogen-bond donors (Lipinski definition) is 1. The molecule has 1 aliphatic carbocycles. The summed E-state index contributed by atoms with van der Waals surface area (Å²) in [6.45, 7) is 0. The Labute approximate surface area is 147 Å². The summed E-state index contributed by atoms with van der Waals surface area (Å²) in [6, 6.07) is 26.1. The number of aryl methyl sites for hydroxylation is 1. The monoisotopic (exact) mass is 321 g/mol. The normalized spacial score (nSPS) is 13.1. The van der Waals surface area contributed by atoms with Gasteiger partial charge in [0.1, 0.15) is 0 Å². The van der Waals surface area contributed by atoms with Gasteiger partial charge in [-0.25, -0.2) is 0 Å². The van der Waals surface area contributed by atoms with Crippen molar-refractivity contribution in [2.45, 2.75) is 12.8 Å². The summed E-state index contributed by atoms with van der Waals surface area (Å²) in [5.41, 5.74) is 9.00. The third kappa shape index (κ3) is 2.49. The van der Waals surface area contributed by atoms with Crippen molar-refractivity contribution in [2.75, 3.05) is 0 Å². The molecular weight excluding hydrogens is 302 g/mol. The van der Waals surface area contributed by atoms with Gasteiger partial charge < -0.3 is 4.98 Å². The lowest BCUT2D eigenvalue weighted by atomic mass is 9.97. The number of hydrogen-bond acceptors (Lipinski definition) is 0. The van der Waals surface area contributed by atoms with E-state index < -0.39 is 0 Å². The topological polar surface area (TPSA) is 15.8 Å². The van der Waals surface area contributed by atoms with Crippen molar-refractivity contribution in [1.29, 1.82) is 0 Å². The minimum Gasteiger partial charge on any atom is -0.358 e. The first-order valence-electron chi connectivity index (χ1n) is 8.85. The van der Waals surface area contributed by atoms with E-state index in [0.29, 0.717) is 0 Å². The van der Waals surface area contributed by atoms with Gasteiger partial charge in [-0.15, -0.1) is 0 Å². The summed E-state index contributed by atoms with van der Waals surface area (Å²) >= 11 is 0. The van der Waals surface area contributed by atoms with Crippen molar-refractivity contribution in [3.8, 4) is 22.3 Å². The van der Waals surface area contributed by atoms with Gasteiger partial charge in [-0.3, -0.25) is 0 Å². The molecule has 0 radical (unpaired) electrons. The van der Waals surface area contributed by atoms with E-state index >= 15 is 0 Å². The molecule has 1 N–H and O–H groups in total. The minimum absolute atomic E-state index is 1.11. The molecule has 0 aliphatic heterocycles. The summed E-state index contributed by atoms with van der Waals surface area (Å²) in [6.07, 6.45) is 6.77. The molecule has 4 aromatic rings. The predicted molar refractivity (Wildman–Crippen MR) is 107 cm³/mol. The van der Waals surface area contributed by atoms with Crippen molar-refractivity contribution in [2.24, 2.45) is 0 Å². The second-order valence-electron chi connectivity index (χ2n) is 6.67. The Bertz CT molecular complexity index is 1080. The van der Waals surface area contributed by atoms with Gasteiger partial charge >= 0.3 is 0 Å². The van der Waals surface area contributed by atoms with Crippen LogP contribution in [-0.4, -0.2) is 4.98 Å². The molecule has 0 amide bonds. The van der Waals surface area contributed by atoms with Crippen LogP contribution in [0.5, 0.6) is 0 Å². The van der Waals surface area contributed by atoms with Gasteiger partial charge in [0.2, 0.25) is 0 Å². The Morgan fingerprint density at radius 2 is 1.44 bits per heavy atom. The molecule has 1 aliphatic rings. The molecule has 1 heterocycles. The molecule has 0 atom stereocenters. The summed E-state index contributed by atoms with van der Waals surface area (Å²) in [5.74, 6) is 0. The standard InChI is InChI=1S/C24H19N/c1-2-7-17(8-3-1)18-9-6-10-19(15-18)20-13-14-22-21-11-4-5-12-23(21)25-24(22)16-20/h1-4,6-11,13-16,25H,5,12H2. The SMILES string of the molecule is C1=Cc2c([nH]c3cc(-c4cccc(-c5ccccc5)c4)ccc23)CC1. The van der Waals surface area contributed by atoms with Crippen LogP contribution < -0.4 is 0 Å². The van der Waals surface area contributed by atoms with Crippen LogP contribution in [0.2, 0.25) is 0 Å². The highest BCUT2D eigenvalue weighted by molar-refractivity contribution is 5.94. The van der Waals surface area contributed by atoms with E-state index in [-0.39, 0.29) is 0 Å². The number of benzene rings is 3. The number of fused-ring (bicyclic) bond motifs is 3. The first-order valence-corrected chi connectivity index (χ1v) is 8.85. The van der Waals surface area contributed by atoms with E-state index in [1.165, 1.54) is 44.4 Å². The molecule has 0 saturated heterocycles. The van der Waals surface area contributed by atoms with Crippen LogP contribution in [0, 0.1) is 0 Å². The molecule has 1 heteroatoms. The van der Waals surface area contributed by atoms with Crippen molar-refractivity contribution < 1.29 is 0 Å². The smallest absolute Gasteiger partial charge is 0.0468 e. The Hall–Kier alpha value is -3.06. The van der Waals surface area contributed by atoms with Gasteiger partial charge in [-0.2, -0.15) is 0 Å². The van der Waals surface area contributed by atoms with Crippen LogP contribution in [0.1, 0.15) is 17.7 Å². The van der Waals surface area contributed by atoms with Crippen LogP contribution >= 0.6 is 0 Å². The fourth-order valence-electron chi connectivity index (χ4n) is 3.78. The second kappa shape index (κ2) is 5.78. The zero-order chi connectivity index (χ0) is 16.6. The van der Waals surface area contributed by atoms with Crippen molar-refractivity contribution in [3.05, 3.63) is 90.1 Å². The lowest BCUT2D eigenvalue weighted by Crippen LogP contribution is -1.90. The van der Waals surface area contributed by atoms with Crippen LogP contribution in [-0.2, 0) is 6.42 Å². The van der Waals surface area contributed by atoms with E-state index in [0.717, 1.165) is 12.8 Å². The fourth-order valence-corrected chi connectivity index (χ4v) is 3.78. The van der Waals surface area contributed by atoms with E-state index in [4.69, 9.17) is 0 Å². The average molecular weight is 321 g/mol. The number of allylic oxidation sites excluding steroid dienone is 1. The van der Waals surface area contributed by atoms with E-state index in [1.807, 2.05) is 0 Å². The van der Waals surface area contributed by atoms with Gasteiger partial charge in [0.05, 0.1) is 0 Å². The van der Waals surface area contributed by atoms with Crippen LogP contribution in [0.25, 0.3) is 39.2 Å². The van der Waals surface area contributed by atoms with Crippen molar-refractivity contribution in [3.63, 3.8) is 0 Å². The number of nitrogens with one attached hydrogen (secondary N) is 1. The maximum Gasteiger partial charge on any atom is 0.0468 e. The molecule has 0 unspecified atom stereocenters. The Morgan fingerprint density at radius 1 is 0.680 bits per heavy atom.